The highest BCUT2D eigenvalue weighted by molar-refractivity contribution is 5.94. The van der Waals surface area contributed by atoms with E-state index in [1.807, 2.05) is 0 Å². The number of hydrogen-bond donors (Lipinski definition) is 1. The van der Waals surface area contributed by atoms with E-state index in [9.17, 15) is 22.8 Å². The molecular weight excluding hydrogens is 299 g/mol. The number of halogens is 3. The molecule has 1 aromatic rings. The summed E-state index contributed by atoms with van der Waals surface area (Å²) < 4.78 is 42.8. The molecule has 0 saturated carbocycles. The van der Waals surface area contributed by atoms with Gasteiger partial charge in [0.25, 0.3) is 5.91 Å². The maximum absolute atomic E-state index is 12.7. The van der Waals surface area contributed by atoms with Crippen LogP contribution in [0.3, 0.4) is 0 Å². The Morgan fingerprint density at radius 2 is 1.91 bits per heavy atom. The molecule has 0 aliphatic carbocycles. The third-order valence-electron chi connectivity index (χ3n) is 2.39. The number of para-hydroxylation sites is 1. The summed E-state index contributed by atoms with van der Waals surface area (Å²) in [7, 11) is 0. The molecule has 0 atom stereocenters. The number of carbonyl (C=O) groups is 2. The molecule has 0 fully saturated rings. The predicted octanol–water partition coefficient (Wildman–Crippen LogP) is 3.32. The molecule has 7 heteroatoms. The first-order chi connectivity index (χ1) is 10.3. The number of hydrogen-bond acceptors (Lipinski definition) is 3. The van der Waals surface area contributed by atoms with Crippen molar-refractivity contribution in [3.63, 3.8) is 0 Å². The van der Waals surface area contributed by atoms with Crippen molar-refractivity contribution in [2.45, 2.75) is 13.1 Å². The highest BCUT2D eigenvalue weighted by Crippen LogP contribution is 2.34. The van der Waals surface area contributed by atoms with Crippen LogP contribution in [0.4, 0.5) is 18.9 Å². The zero-order valence-electron chi connectivity index (χ0n) is 11.7. The fraction of sp³-hybridized carbons (Fsp3) is 0.200. The fourth-order valence-electron chi connectivity index (χ4n) is 1.46. The number of carbonyl (C=O) groups excluding carboxylic acids is 2. The van der Waals surface area contributed by atoms with Crippen LogP contribution in [0.5, 0.6) is 0 Å². The maximum Gasteiger partial charge on any atom is 0.418 e. The SMILES string of the molecule is C/C=C/C=C/C(=O)OCC(=O)Nc1ccccc1C(F)(F)F. The molecule has 0 aliphatic rings. The number of allylic oxidation sites excluding steroid dienone is 3. The van der Waals surface area contributed by atoms with Gasteiger partial charge in [-0.3, -0.25) is 4.79 Å². The first kappa shape index (κ1) is 17.5. The van der Waals surface area contributed by atoms with Gasteiger partial charge in [-0.1, -0.05) is 30.4 Å². The van der Waals surface area contributed by atoms with Crippen molar-refractivity contribution in [3.8, 4) is 0 Å². The van der Waals surface area contributed by atoms with Crippen molar-refractivity contribution in [3.05, 3.63) is 54.1 Å². The highest BCUT2D eigenvalue weighted by atomic mass is 19.4. The van der Waals surface area contributed by atoms with E-state index in [2.05, 4.69) is 10.1 Å². The van der Waals surface area contributed by atoms with Gasteiger partial charge in [0.15, 0.2) is 6.61 Å². The van der Waals surface area contributed by atoms with Crippen LogP contribution in [0.2, 0.25) is 0 Å². The summed E-state index contributed by atoms with van der Waals surface area (Å²) in [6, 6.07) is 4.54. The molecule has 1 amide bonds. The van der Waals surface area contributed by atoms with E-state index in [0.717, 1.165) is 18.2 Å². The molecule has 4 nitrogen and oxygen atoms in total. The second kappa shape index (κ2) is 8.02. The van der Waals surface area contributed by atoms with Gasteiger partial charge in [0.05, 0.1) is 11.3 Å². The van der Waals surface area contributed by atoms with Crippen molar-refractivity contribution in [2.24, 2.45) is 0 Å². The van der Waals surface area contributed by atoms with Gasteiger partial charge < -0.3 is 10.1 Å². The zero-order chi connectivity index (χ0) is 16.6. The van der Waals surface area contributed by atoms with Crippen molar-refractivity contribution >= 4 is 17.6 Å². The number of nitrogens with one attached hydrogen (secondary N) is 1. The summed E-state index contributed by atoms with van der Waals surface area (Å²) in [5.74, 6) is -1.62. The third kappa shape index (κ3) is 5.82. The Morgan fingerprint density at radius 3 is 2.55 bits per heavy atom. The summed E-state index contributed by atoms with van der Waals surface area (Å²) in [6.45, 7) is 1.08. The topological polar surface area (TPSA) is 55.4 Å². The lowest BCUT2D eigenvalue weighted by Gasteiger charge is -2.13. The van der Waals surface area contributed by atoms with E-state index >= 15 is 0 Å². The van der Waals surface area contributed by atoms with Gasteiger partial charge in [0.1, 0.15) is 0 Å². The van der Waals surface area contributed by atoms with E-state index in [1.54, 1.807) is 19.1 Å². The number of esters is 1. The maximum atomic E-state index is 12.7. The Balaban J connectivity index is 2.62. The molecule has 118 valence electrons. The number of ether oxygens (including phenoxy) is 1. The highest BCUT2D eigenvalue weighted by Gasteiger charge is 2.33. The molecule has 1 aromatic carbocycles. The normalized spacial score (nSPS) is 11.8. The first-order valence-corrected chi connectivity index (χ1v) is 6.26. The largest absolute Gasteiger partial charge is 0.452 e. The quantitative estimate of drug-likeness (QED) is 0.515. The summed E-state index contributed by atoms with van der Waals surface area (Å²) in [6.07, 6.45) is 1.19. The second-order valence-corrected chi connectivity index (χ2v) is 4.08. The smallest absolute Gasteiger partial charge is 0.418 e. The Hall–Kier alpha value is -2.57. The van der Waals surface area contributed by atoms with E-state index in [0.29, 0.717) is 0 Å². The van der Waals surface area contributed by atoms with Crippen LogP contribution in [0.1, 0.15) is 12.5 Å². The number of benzene rings is 1. The molecule has 0 spiro atoms. The molecule has 0 bridgehead atoms. The minimum absolute atomic E-state index is 0.388. The van der Waals surface area contributed by atoms with Gasteiger partial charge in [0, 0.05) is 6.08 Å². The molecule has 1 N–H and O–H groups in total. The summed E-state index contributed by atoms with van der Waals surface area (Å²) in [5.41, 5.74) is -1.36. The molecule has 0 unspecified atom stereocenters. The lowest BCUT2D eigenvalue weighted by molar-refractivity contribution is -0.142. The number of amides is 1. The standard InChI is InChI=1S/C15H14F3NO3/c1-2-3-4-9-14(21)22-10-13(20)19-12-8-6-5-7-11(12)15(16,17)18/h2-9H,10H2,1H3,(H,19,20)/b3-2+,9-4+. The van der Waals surface area contributed by atoms with Crippen LogP contribution in [0.25, 0.3) is 0 Å². The van der Waals surface area contributed by atoms with Gasteiger partial charge in [-0.25, -0.2) is 4.79 Å². The van der Waals surface area contributed by atoms with Gasteiger partial charge in [-0.15, -0.1) is 0 Å². The molecule has 0 heterocycles. The summed E-state index contributed by atoms with van der Waals surface area (Å²) in [4.78, 5) is 22.7. The van der Waals surface area contributed by atoms with Crippen molar-refractivity contribution in [1.29, 1.82) is 0 Å². The van der Waals surface area contributed by atoms with Crippen LogP contribution in [0.15, 0.2) is 48.6 Å². The van der Waals surface area contributed by atoms with E-state index in [1.165, 1.54) is 18.2 Å². The van der Waals surface area contributed by atoms with Gasteiger partial charge >= 0.3 is 12.1 Å². The fourth-order valence-corrected chi connectivity index (χ4v) is 1.46. The van der Waals surface area contributed by atoms with E-state index < -0.39 is 30.2 Å². The molecule has 0 radical (unpaired) electrons. The first-order valence-electron chi connectivity index (χ1n) is 6.26. The number of rotatable bonds is 5. The Kier molecular flexibility index (Phi) is 6.37. The number of alkyl halides is 3. The minimum atomic E-state index is -4.59. The van der Waals surface area contributed by atoms with Crippen LogP contribution in [0, 0.1) is 0 Å². The van der Waals surface area contributed by atoms with Crippen molar-refractivity contribution < 1.29 is 27.5 Å². The molecule has 0 aliphatic heterocycles. The molecule has 0 saturated heterocycles. The second-order valence-electron chi connectivity index (χ2n) is 4.08. The van der Waals surface area contributed by atoms with Crippen LogP contribution < -0.4 is 5.32 Å². The van der Waals surface area contributed by atoms with Crippen molar-refractivity contribution in [1.82, 2.24) is 0 Å². The lowest BCUT2D eigenvalue weighted by atomic mass is 10.1. The number of anilines is 1. The lowest BCUT2D eigenvalue weighted by Crippen LogP contribution is -2.22. The molecule has 0 aromatic heterocycles. The van der Waals surface area contributed by atoms with Crippen LogP contribution >= 0.6 is 0 Å². The Labute approximate surface area is 125 Å². The Morgan fingerprint density at radius 1 is 1.23 bits per heavy atom. The summed E-state index contributed by atoms with van der Waals surface area (Å²) in [5, 5.41) is 2.07. The summed E-state index contributed by atoms with van der Waals surface area (Å²) >= 11 is 0. The molecular formula is C15H14F3NO3. The van der Waals surface area contributed by atoms with Gasteiger partial charge in [-0.05, 0) is 19.1 Å². The van der Waals surface area contributed by atoms with Gasteiger partial charge in [0.2, 0.25) is 0 Å². The predicted molar refractivity (Wildman–Crippen MR) is 75.0 cm³/mol. The average molecular weight is 313 g/mol. The average Bonchev–Trinajstić information content (AvgIpc) is 2.45. The van der Waals surface area contributed by atoms with E-state index in [-0.39, 0.29) is 5.69 Å². The van der Waals surface area contributed by atoms with Crippen LogP contribution in [-0.4, -0.2) is 18.5 Å². The van der Waals surface area contributed by atoms with Crippen molar-refractivity contribution in [2.75, 3.05) is 11.9 Å². The molecule has 1 rings (SSSR count). The minimum Gasteiger partial charge on any atom is -0.452 e. The van der Waals surface area contributed by atoms with Crippen LogP contribution in [-0.2, 0) is 20.5 Å². The zero-order valence-corrected chi connectivity index (χ0v) is 11.7. The van der Waals surface area contributed by atoms with E-state index in [4.69, 9.17) is 0 Å². The van der Waals surface area contributed by atoms with Gasteiger partial charge in [-0.2, -0.15) is 13.2 Å². The monoisotopic (exact) mass is 313 g/mol. The molecule has 22 heavy (non-hydrogen) atoms. The third-order valence-corrected chi connectivity index (χ3v) is 2.39. The Bertz CT molecular complexity index is 592.